The largest absolute Gasteiger partial charge is 0.394 e. The molecule has 1 aromatic heterocycles. The Morgan fingerprint density at radius 3 is 3.06 bits per heavy atom. The summed E-state index contributed by atoms with van der Waals surface area (Å²) in [5.74, 6) is 1.03. The highest BCUT2D eigenvalue weighted by Gasteiger charge is 2.33. The molecule has 0 saturated carbocycles. The second-order valence-corrected chi connectivity index (χ2v) is 4.84. The number of aliphatic hydroxyl groups is 1. The van der Waals surface area contributed by atoms with Crippen LogP contribution in [0.2, 0.25) is 0 Å². The minimum Gasteiger partial charge on any atom is -0.394 e. The van der Waals surface area contributed by atoms with E-state index in [2.05, 4.69) is 14.9 Å². The molecule has 0 aliphatic carbocycles. The van der Waals surface area contributed by atoms with Gasteiger partial charge in [0.15, 0.2) is 0 Å². The molecule has 1 unspecified atom stereocenters. The summed E-state index contributed by atoms with van der Waals surface area (Å²) in [6.07, 6.45) is 1.43. The number of nitrogens with zero attached hydrogens (tertiary/aromatic N) is 3. The highest BCUT2D eigenvalue weighted by atomic mass is 16.5. The fourth-order valence-corrected chi connectivity index (χ4v) is 2.11. The van der Waals surface area contributed by atoms with Crippen LogP contribution in [0, 0.1) is 0 Å². The lowest BCUT2D eigenvalue weighted by Gasteiger charge is -2.42. The summed E-state index contributed by atoms with van der Waals surface area (Å²) in [6, 6.07) is 1.81. The molecule has 0 spiro atoms. The highest BCUT2D eigenvalue weighted by Crippen LogP contribution is 2.24. The topological polar surface area (TPSA) is 84.5 Å². The maximum atomic E-state index is 9.23. The fraction of sp³-hybridized carbons (Fsp3) is 0.636. The molecule has 3 N–H and O–H groups in total. The third-order valence-corrected chi connectivity index (χ3v) is 2.67. The van der Waals surface area contributed by atoms with Crippen molar-refractivity contribution >= 4 is 11.8 Å². The van der Waals surface area contributed by atoms with Crippen LogP contribution in [-0.4, -0.2) is 46.5 Å². The van der Waals surface area contributed by atoms with Crippen LogP contribution in [0.15, 0.2) is 12.3 Å². The molecule has 6 nitrogen and oxygen atoms in total. The van der Waals surface area contributed by atoms with Crippen molar-refractivity contribution in [2.75, 3.05) is 30.3 Å². The van der Waals surface area contributed by atoms with Gasteiger partial charge in [-0.05, 0) is 19.9 Å². The number of nitrogen functional groups attached to an aromatic ring is 1. The number of morpholine rings is 1. The smallest absolute Gasteiger partial charge is 0.221 e. The zero-order valence-electron chi connectivity index (χ0n) is 10.1. The van der Waals surface area contributed by atoms with Crippen LogP contribution >= 0.6 is 0 Å². The van der Waals surface area contributed by atoms with Crippen molar-refractivity contribution in [1.29, 1.82) is 0 Å². The Labute approximate surface area is 100 Å². The normalized spacial score (nSPS) is 23.7. The van der Waals surface area contributed by atoms with Gasteiger partial charge < -0.3 is 20.5 Å². The first-order valence-corrected chi connectivity index (χ1v) is 5.62. The molecule has 0 radical (unpaired) electrons. The van der Waals surface area contributed by atoms with Gasteiger partial charge in [-0.15, -0.1) is 0 Å². The molecule has 2 rings (SSSR count). The molecule has 94 valence electrons. The lowest BCUT2D eigenvalue weighted by molar-refractivity contribution is -0.101. The lowest BCUT2D eigenvalue weighted by Crippen LogP contribution is -2.54. The Balaban J connectivity index is 2.20. The zero-order valence-corrected chi connectivity index (χ0v) is 10.1. The number of aromatic nitrogens is 2. The molecule has 1 atom stereocenters. The average Bonchev–Trinajstić information content (AvgIpc) is 2.27. The Morgan fingerprint density at radius 2 is 2.41 bits per heavy atom. The van der Waals surface area contributed by atoms with E-state index in [1.165, 1.54) is 0 Å². The molecule has 0 amide bonds. The molecule has 1 aromatic rings. The predicted octanol–water partition coefficient (Wildman–Crippen LogP) is 0.0349. The van der Waals surface area contributed by atoms with Crippen LogP contribution in [0.3, 0.4) is 0 Å². The molecule has 1 aliphatic heterocycles. The molecule has 0 aromatic carbocycles. The maximum Gasteiger partial charge on any atom is 0.221 e. The van der Waals surface area contributed by atoms with Gasteiger partial charge in [0.2, 0.25) is 5.95 Å². The van der Waals surface area contributed by atoms with Crippen LogP contribution in [0.1, 0.15) is 13.8 Å². The summed E-state index contributed by atoms with van der Waals surface area (Å²) >= 11 is 0. The number of ether oxygens (including phenoxy) is 1. The Kier molecular flexibility index (Phi) is 3.17. The number of hydrogen-bond donors (Lipinski definition) is 2. The van der Waals surface area contributed by atoms with Crippen molar-refractivity contribution in [3.05, 3.63) is 12.3 Å². The van der Waals surface area contributed by atoms with Gasteiger partial charge in [-0.2, -0.15) is 4.98 Å². The zero-order chi connectivity index (χ0) is 12.5. The van der Waals surface area contributed by atoms with Crippen LogP contribution in [0.4, 0.5) is 11.8 Å². The summed E-state index contributed by atoms with van der Waals surface area (Å²) in [6.45, 7) is 5.30. The Hall–Kier alpha value is -1.40. The van der Waals surface area contributed by atoms with Crippen molar-refractivity contribution in [1.82, 2.24) is 9.97 Å². The molecule has 1 saturated heterocycles. The van der Waals surface area contributed by atoms with Crippen molar-refractivity contribution in [3.63, 3.8) is 0 Å². The van der Waals surface area contributed by atoms with Gasteiger partial charge in [0.25, 0.3) is 0 Å². The molecule has 1 aliphatic rings. The van der Waals surface area contributed by atoms with Crippen molar-refractivity contribution in [3.8, 4) is 0 Å². The number of hydrogen-bond acceptors (Lipinski definition) is 6. The predicted molar refractivity (Wildman–Crippen MR) is 64.7 cm³/mol. The Bertz CT molecular complexity index is 397. The van der Waals surface area contributed by atoms with Gasteiger partial charge in [-0.25, -0.2) is 4.98 Å². The highest BCUT2D eigenvalue weighted by molar-refractivity contribution is 5.42. The molecule has 2 heterocycles. The maximum absolute atomic E-state index is 9.23. The van der Waals surface area contributed by atoms with Crippen LogP contribution in [0.25, 0.3) is 0 Å². The molecular formula is C11H18N4O2. The standard InChI is InChI=1S/C11H18N4O2/c1-11(2)7-15(5-8(6-16)17-11)9-3-4-13-10(12)14-9/h3-4,8,16H,5-7H2,1-2H3,(H2,12,13,14). The average molecular weight is 238 g/mol. The molecule has 17 heavy (non-hydrogen) atoms. The van der Waals surface area contributed by atoms with E-state index in [0.29, 0.717) is 13.1 Å². The summed E-state index contributed by atoms with van der Waals surface area (Å²) in [5, 5.41) is 9.23. The number of aliphatic hydroxyl groups excluding tert-OH is 1. The first-order chi connectivity index (χ1) is 8.00. The lowest BCUT2D eigenvalue weighted by atomic mass is 10.1. The fourth-order valence-electron chi connectivity index (χ4n) is 2.11. The van der Waals surface area contributed by atoms with Crippen LogP contribution < -0.4 is 10.6 Å². The third kappa shape index (κ3) is 2.83. The van der Waals surface area contributed by atoms with E-state index >= 15 is 0 Å². The van der Waals surface area contributed by atoms with E-state index in [0.717, 1.165) is 5.82 Å². The van der Waals surface area contributed by atoms with Gasteiger partial charge in [0.1, 0.15) is 5.82 Å². The summed E-state index contributed by atoms with van der Waals surface area (Å²) < 4.78 is 5.74. The van der Waals surface area contributed by atoms with E-state index in [1.807, 2.05) is 19.9 Å². The minimum absolute atomic E-state index is 0.000492. The van der Waals surface area contributed by atoms with E-state index in [9.17, 15) is 5.11 Å². The van der Waals surface area contributed by atoms with Crippen molar-refractivity contribution in [2.24, 2.45) is 0 Å². The van der Waals surface area contributed by atoms with E-state index in [4.69, 9.17) is 10.5 Å². The van der Waals surface area contributed by atoms with Crippen LogP contribution in [-0.2, 0) is 4.74 Å². The molecule has 0 bridgehead atoms. The van der Waals surface area contributed by atoms with Crippen LogP contribution in [0.5, 0.6) is 0 Å². The van der Waals surface area contributed by atoms with Crippen molar-refractivity contribution < 1.29 is 9.84 Å². The van der Waals surface area contributed by atoms with Gasteiger partial charge in [0.05, 0.1) is 18.3 Å². The first-order valence-electron chi connectivity index (χ1n) is 5.62. The van der Waals surface area contributed by atoms with Crippen molar-refractivity contribution in [2.45, 2.75) is 25.6 Å². The van der Waals surface area contributed by atoms with Gasteiger partial charge >= 0.3 is 0 Å². The summed E-state index contributed by atoms with van der Waals surface area (Å²) in [5.41, 5.74) is 5.26. The Morgan fingerprint density at radius 1 is 1.65 bits per heavy atom. The van der Waals surface area contributed by atoms with E-state index in [1.54, 1.807) is 6.20 Å². The first kappa shape index (κ1) is 12.1. The van der Waals surface area contributed by atoms with Gasteiger partial charge in [-0.3, -0.25) is 0 Å². The quantitative estimate of drug-likeness (QED) is 0.756. The second-order valence-electron chi connectivity index (χ2n) is 4.84. The number of nitrogens with two attached hydrogens (primary N) is 1. The third-order valence-electron chi connectivity index (χ3n) is 2.67. The number of anilines is 2. The minimum atomic E-state index is -0.314. The monoisotopic (exact) mass is 238 g/mol. The summed E-state index contributed by atoms with van der Waals surface area (Å²) in [4.78, 5) is 10.1. The molecule has 6 heteroatoms. The number of rotatable bonds is 2. The van der Waals surface area contributed by atoms with Gasteiger partial charge in [0, 0.05) is 19.3 Å². The molecular weight excluding hydrogens is 220 g/mol. The van der Waals surface area contributed by atoms with E-state index in [-0.39, 0.29) is 24.3 Å². The summed E-state index contributed by atoms with van der Waals surface area (Å²) in [7, 11) is 0. The second kappa shape index (κ2) is 4.46. The molecule has 1 fully saturated rings. The SMILES string of the molecule is CC1(C)CN(c2ccnc(N)n2)CC(CO)O1. The van der Waals surface area contributed by atoms with E-state index < -0.39 is 0 Å². The van der Waals surface area contributed by atoms with Gasteiger partial charge in [-0.1, -0.05) is 0 Å².